The minimum atomic E-state index is 0.0953. The average Bonchev–Trinajstić information content (AvgIpc) is 2.54. The normalized spacial score (nSPS) is 18.9. The fraction of sp³-hybridized carbons (Fsp3) is 0.750. The minimum Gasteiger partial charge on any atom is -0.323 e. The molecule has 0 amide bonds. The Bertz CT molecular complexity index is 324. The molecule has 1 saturated carbocycles. The van der Waals surface area contributed by atoms with Crippen LogP contribution in [-0.4, -0.2) is 9.78 Å². The van der Waals surface area contributed by atoms with Crippen molar-refractivity contribution < 1.29 is 0 Å². The predicted octanol–water partition coefficient (Wildman–Crippen LogP) is 2.27. The second-order valence-electron chi connectivity index (χ2n) is 4.68. The summed E-state index contributed by atoms with van der Waals surface area (Å²) in [5, 5.41) is 4.61. The van der Waals surface area contributed by atoms with Crippen molar-refractivity contribution in [2.45, 2.75) is 52.1 Å². The van der Waals surface area contributed by atoms with E-state index in [-0.39, 0.29) is 6.04 Å². The quantitative estimate of drug-likeness (QED) is 0.823. The Kier molecular flexibility index (Phi) is 3.10. The SMILES string of the molecule is CCc1cc(C(C)N)n(CC2CCC2)n1. The van der Waals surface area contributed by atoms with Gasteiger partial charge < -0.3 is 5.73 Å². The summed E-state index contributed by atoms with van der Waals surface area (Å²) in [6, 6.07) is 2.25. The average molecular weight is 207 g/mol. The predicted molar refractivity (Wildman–Crippen MR) is 61.5 cm³/mol. The van der Waals surface area contributed by atoms with Gasteiger partial charge in [-0.1, -0.05) is 13.3 Å². The molecule has 2 rings (SSSR count). The van der Waals surface area contributed by atoms with Gasteiger partial charge in [0.2, 0.25) is 0 Å². The number of hydrogen-bond acceptors (Lipinski definition) is 2. The summed E-state index contributed by atoms with van der Waals surface area (Å²) in [5.41, 5.74) is 8.32. The molecule has 1 aliphatic rings. The maximum atomic E-state index is 5.96. The highest BCUT2D eigenvalue weighted by Crippen LogP contribution is 2.28. The number of rotatable bonds is 4. The molecular formula is C12H21N3. The van der Waals surface area contributed by atoms with Crippen LogP contribution >= 0.6 is 0 Å². The molecule has 1 aliphatic carbocycles. The first-order valence-corrected chi connectivity index (χ1v) is 6.03. The summed E-state index contributed by atoms with van der Waals surface area (Å²) in [6.07, 6.45) is 5.11. The zero-order valence-corrected chi connectivity index (χ0v) is 9.74. The van der Waals surface area contributed by atoms with E-state index in [1.54, 1.807) is 0 Å². The maximum Gasteiger partial charge on any atom is 0.0625 e. The van der Waals surface area contributed by atoms with Gasteiger partial charge in [-0.3, -0.25) is 4.68 Å². The second-order valence-corrected chi connectivity index (χ2v) is 4.68. The topological polar surface area (TPSA) is 43.8 Å². The van der Waals surface area contributed by atoms with Gasteiger partial charge in [0.25, 0.3) is 0 Å². The van der Waals surface area contributed by atoms with Crippen molar-refractivity contribution >= 4 is 0 Å². The number of nitrogens with zero attached hydrogens (tertiary/aromatic N) is 2. The maximum absolute atomic E-state index is 5.96. The van der Waals surface area contributed by atoms with E-state index in [1.165, 1.54) is 30.7 Å². The Hall–Kier alpha value is -0.830. The monoisotopic (exact) mass is 207 g/mol. The van der Waals surface area contributed by atoms with Crippen molar-refractivity contribution in [2.24, 2.45) is 11.7 Å². The van der Waals surface area contributed by atoms with Gasteiger partial charge in [-0.25, -0.2) is 0 Å². The molecule has 3 nitrogen and oxygen atoms in total. The van der Waals surface area contributed by atoms with Crippen molar-refractivity contribution in [1.29, 1.82) is 0 Å². The first-order chi connectivity index (χ1) is 7.20. The fourth-order valence-electron chi connectivity index (χ4n) is 2.09. The molecule has 0 radical (unpaired) electrons. The largest absolute Gasteiger partial charge is 0.323 e. The third-order valence-corrected chi connectivity index (χ3v) is 3.35. The number of aromatic nitrogens is 2. The number of nitrogens with two attached hydrogens (primary N) is 1. The Labute approximate surface area is 91.7 Å². The summed E-state index contributed by atoms with van der Waals surface area (Å²) >= 11 is 0. The molecule has 1 unspecified atom stereocenters. The highest BCUT2D eigenvalue weighted by atomic mass is 15.3. The van der Waals surface area contributed by atoms with E-state index in [4.69, 9.17) is 5.73 Å². The Morgan fingerprint density at radius 2 is 2.33 bits per heavy atom. The van der Waals surface area contributed by atoms with Crippen LogP contribution in [0.2, 0.25) is 0 Å². The molecular weight excluding hydrogens is 186 g/mol. The van der Waals surface area contributed by atoms with Crippen LogP contribution in [0.3, 0.4) is 0 Å². The van der Waals surface area contributed by atoms with Gasteiger partial charge in [-0.05, 0) is 38.2 Å². The standard InChI is InChI=1S/C12H21N3/c1-3-11-7-12(9(2)13)15(14-11)8-10-5-4-6-10/h7,9-10H,3-6,8,13H2,1-2H3. The van der Waals surface area contributed by atoms with Gasteiger partial charge in [0.05, 0.1) is 11.4 Å². The van der Waals surface area contributed by atoms with E-state index in [0.29, 0.717) is 0 Å². The van der Waals surface area contributed by atoms with Gasteiger partial charge in [0, 0.05) is 12.6 Å². The van der Waals surface area contributed by atoms with E-state index in [1.807, 2.05) is 6.92 Å². The molecule has 0 bridgehead atoms. The molecule has 0 saturated heterocycles. The fourth-order valence-corrected chi connectivity index (χ4v) is 2.09. The van der Waals surface area contributed by atoms with Gasteiger partial charge in [0.15, 0.2) is 0 Å². The molecule has 0 aliphatic heterocycles. The Morgan fingerprint density at radius 1 is 1.60 bits per heavy atom. The van der Waals surface area contributed by atoms with Crippen LogP contribution in [0.4, 0.5) is 0 Å². The smallest absolute Gasteiger partial charge is 0.0625 e. The lowest BCUT2D eigenvalue weighted by atomic mass is 9.85. The van der Waals surface area contributed by atoms with E-state index in [0.717, 1.165) is 18.9 Å². The number of aryl methyl sites for hydroxylation is 1. The van der Waals surface area contributed by atoms with E-state index in [9.17, 15) is 0 Å². The van der Waals surface area contributed by atoms with Crippen molar-refractivity contribution in [1.82, 2.24) is 9.78 Å². The summed E-state index contributed by atoms with van der Waals surface area (Å²) in [4.78, 5) is 0. The molecule has 1 aromatic heterocycles. The molecule has 1 atom stereocenters. The summed E-state index contributed by atoms with van der Waals surface area (Å²) in [6.45, 7) is 5.24. The highest BCUT2D eigenvalue weighted by molar-refractivity contribution is 5.13. The van der Waals surface area contributed by atoms with E-state index in [2.05, 4.69) is 22.8 Å². The van der Waals surface area contributed by atoms with Crippen molar-refractivity contribution in [3.8, 4) is 0 Å². The number of hydrogen-bond donors (Lipinski definition) is 1. The molecule has 2 N–H and O–H groups in total. The highest BCUT2D eigenvalue weighted by Gasteiger charge is 2.20. The summed E-state index contributed by atoms with van der Waals surface area (Å²) in [7, 11) is 0. The summed E-state index contributed by atoms with van der Waals surface area (Å²) in [5.74, 6) is 0.840. The van der Waals surface area contributed by atoms with Gasteiger partial charge in [-0.2, -0.15) is 5.10 Å². The van der Waals surface area contributed by atoms with Crippen molar-refractivity contribution in [3.63, 3.8) is 0 Å². The van der Waals surface area contributed by atoms with Crippen molar-refractivity contribution in [3.05, 3.63) is 17.5 Å². The molecule has 0 aromatic carbocycles. The zero-order chi connectivity index (χ0) is 10.8. The Balaban J connectivity index is 2.14. The molecule has 84 valence electrons. The van der Waals surface area contributed by atoms with Crippen LogP contribution in [0.5, 0.6) is 0 Å². The Morgan fingerprint density at radius 3 is 2.80 bits per heavy atom. The van der Waals surface area contributed by atoms with Crippen LogP contribution in [0.15, 0.2) is 6.07 Å². The molecule has 3 heteroatoms. The van der Waals surface area contributed by atoms with Crippen LogP contribution in [0, 0.1) is 5.92 Å². The molecule has 1 heterocycles. The van der Waals surface area contributed by atoms with Crippen molar-refractivity contribution in [2.75, 3.05) is 0 Å². The molecule has 1 fully saturated rings. The third kappa shape index (κ3) is 2.23. The van der Waals surface area contributed by atoms with Crippen LogP contribution in [0.25, 0.3) is 0 Å². The molecule has 0 spiro atoms. The summed E-state index contributed by atoms with van der Waals surface area (Å²) < 4.78 is 2.13. The first-order valence-electron chi connectivity index (χ1n) is 6.03. The lowest BCUT2D eigenvalue weighted by Crippen LogP contribution is -2.22. The second kappa shape index (κ2) is 4.35. The minimum absolute atomic E-state index is 0.0953. The van der Waals surface area contributed by atoms with Crippen LogP contribution in [0.1, 0.15) is 50.5 Å². The molecule has 1 aromatic rings. The lowest BCUT2D eigenvalue weighted by molar-refractivity contribution is 0.261. The van der Waals surface area contributed by atoms with E-state index < -0.39 is 0 Å². The molecule has 15 heavy (non-hydrogen) atoms. The third-order valence-electron chi connectivity index (χ3n) is 3.35. The van der Waals surface area contributed by atoms with Gasteiger partial charge in [0.1, 0.15) is 0 Å². The van der Waals surface area contributed by atoms with Gasteiger partial charge >= 0.3 is 0 Å². The van der Waals surface area contributed by atoms with E-state index >= 15 is 0 Å². The van der Waals surface area contributed by atoms with Crippen LogP contribution in [-0.2, 0) is 13.0 Å². The van der Waals surface area contributed by atoms with Gasteiger partial charge in [-0.15, -0.1) is 0 Å². The zero-order valence-electron chi connectivity index (χ0n) is 9.74. The van der Waals surface area contributed by atoms with Crippen LogP contribution < -0.4 is 5.73 Å². The lowest BCUT2D eigenvalue weighted by Gasteiger charge is -2.26. The first kappa shape index (κ1) is 10.7.